The van der Waals surface area contributed by atoms with Crippen LogP contribution in [-0.4, -0.2) is 16.1 Å². The van der Waals surface area contributed by atoms with Crippen LogP contribution in [-0.2, 0) is 13.0 Å². The zero-order valence-electron chi connectivity index (χ0n) is 8.43. The summed E-state index contributed by atoms with van der Waals surface area (Å²) in [7, 11) is 0. The van der Waals surface area contributed by atoms with Crippen molar-refractivity contribution < 1.29 is 9.21 Å². The predicted octanol–water partition coefficient (Wildman–Crippen LogP) is 0.904. The molecule has 3 rings (SSSR count). The third-order valence-corrected chi connectivity index (χ3v) is 2.66. The number of aromatic nitrogens is 2. The Balaban J connectivity index is 2.00. The van der Waals surface area contributed by atoms with Crippen molar-refractivity contribution in [1.82, 2.24) is 15.5 Å². The molecule has 0 saturated carbocycles. The van der Waals surface area contributed by atoms with Crippen molar-refractivity contribution in [3.63, 3.8) is 0 Å². The molecule has 1 amide bonds. The van der Waals surface area contributed by atoms with Crippen molar-refractivity contribution in [3.8, 4) is 0 Å². The Hall–Kier alpha value is -2.17. The number of carbonyl (C=O) groups excluding carboxylic acids is 1. The van der Waals surface area contributed by atoms with Crippen LogP contribution in [0, 0.1) is 0 Å². The first kappa shape index (κ1) is 9.08. The fraction of sp³-hybridized carbons (Fsp3) is 0.182. The van der Waals surface area contributed by atoms with E-state index in [0.29, 0.717) is 18.5 Å². The van der Waals surface area contributed by atoms with Crippen molar-refractivity contribution in [2.24, 2.45) is 0 Å². The number of rotatable bonds is 2. The third-order valence-electron chi connectivity index (χ3n) is 2.66. The van der Waals surface area contributed by atoms with E-state index in [9.17, 15) is 4.79 Å². The summed E-state index contributed by atoms with van der Waals surface area (Å²) in [5.41, 5.74) is 3.44. The van der Waals surface area contributed by atoms with Gasteiger partial charge in [-0.2, -0.15) is 10.2 Å². The summed E-state index contributed by atoms with van der Waals surface area (Å²) in [6, 6.07) is 1.88. The number of hydrogen-bond acceptors (Lipinski definition) is 4. The molecule has 0 saturated heterocycles. The molecule has 5 nitrogen and oxygen atoms in total. The van der Waals surface area contributed by atoms with E-state index in [2.05, 4.69) is 15.5 Å². The normalized spacial score (nSPS) is 13.6. The topological polar surface area (TPSA) is 68.0 Å². The van der Waals surface area contributed by atoms with Gasteiger partial charge in [0.2, 0.25) is 0 Å². The lowest BCUT2D eigenvalue weighted by atomic mass is 10.1. The summed E-state index contributed by atoms with van der Waals surface area (Å²) in [4.78, 5) is 11.4. The Morgan fingerprint density at radius 1 is 1.50 bits per heavy atom. The molecule has 3 heterocycles. The summed E-state index contributed by atoms with van der Waals surface area (Å²) in [6.07, 6.45) is 5.44. The van der Waals surface area contributed by atoms with E-state index >= 15 is 0 Å². The molecule has 2 aromatic rings. The van der Waals surface area contributed by atoms with Gasteiger partial charge in [0.15, 0.2) is 0 Å². The Morgan fingerprint density at radius 2 is 2.44 bits per heavy atom. The van der Waals surface area contributed by atoms with Crippen molar-refractivity contribution >= 4 is 5.91 Å². The van der Waals surface area contributed by atoms with Gasteiger partial charge in [-0.3, -0.25) is 4.79 Å². The molecule has 0 fully saturated rings. The Kier molecular flexibility index (Phi) is 1.96. The maximum Gasteiger partial charge on any atom is 0.253 e. The summed E-state index contributed by atoms with van der Waals surface area (Å²) in [5, 5.41) is 10.7. The van der Waals surface area contributed by atoms with E-state index < -0.39 is 0 Å². The summed E-state index contributed by atoms with van der Waals surface area (Å²) in [5.74, 6) is -0.0710. The second kappa shape index (κ2) is 3.44. The van der Waals surface area contributed by atoms with Crippen molar-refractivity contribution in [1.29, 1.82) is 0 Å². The minimum Gasteiger partial charge on any atom is -0.472 e. The summed E-state index contributed by atoms with van der Waals surface area (Å²) in [6.45, 7) is 0.539. The van der Waals surface area contributed by atoms with Gasteiger partial charge < -0.3 is 9.73 Å². The minimum atomic E-state index is -0.0710. The number of nitrogens with one attached hydrogen (secondary N) is 1. The van der Waals surface area contributed by atoms with Crippen LogP contribution in [0.15, 0.2) is 29.2 Å². The first-order chi connectivity index (χ1) is 7.84. The maximum atomic E-state index is 11.4. The molecule has 0 bridgehead atoms. The van der Waals surface area contributed by atoms with E-state index in [1.165, 1.54) is 6.20 Å². The molecule has 2 aromatic heterocycles. The lowest BCUT2D eigenvalue weighted by molar-refractivity contribution is 0.0965. The monoisotopic (exact) mass is 215 g/mol. The van der Waals surface area contributed by atoms with E-state index in [1.807, 2.05) is 6.07 Å². The maximum absolute atomic E-state index is 11.4. The fourth-order valence-electron chi connectivity index (χ4n) is 1.84. The van der Waals surface area contributed by atoms with Crippen molar-refractivity contribution in [2.75, 3.05) is 0 Å². The Bertz CT molecular complexity index is 534. The van der Waals surface area contributed by atoms with Gasteiger partial charge in [0, 0.05) is 18.5 Å². The van der Waals surface area contributed by atoms with Gasteiger partial charge in [0.1, 0.15) is 0 Å². The smallest absolute Gasteiger partial charge is 0.253 e. The molecule has 1 N–H and O–H groups in total. The predicted molar refractivity (Wildman–Crippen MR) is 54.7 cm³/mol. The Labute approximate surface area is 91.5 Å². The molecular formula is C11H9N3O2. The van der Waals surface area contributed by atoms with Crippen LogP contribution in [0.5, 0.6) is 0 Å². The molecular weight excluding hydrogens is 206 g/mol. The average Bonchev–Trinajstić information content (AvgIpc) is 2.90. The van der Waals surface area contributed by atoms with Gasteiger partial charge in [-0.15, -0.1) is 0 Å². The zero-order chi connectivity index (χ0) is 11.0. The van der Waals surface area contributed by atoms with Gasteiger partial charge in [-0.1, -0.05) is 0 Å². The van der Waals surface area contributed by atoms with Crippen molar-refractivity contribution in [3.05, 3.63) is 47.2 Å². The standard InChI is InChI=1S/C11H9N3O2/c15-11-9-5-13-14-10(8(9)4-12-11)3-7-1-2-16-6-7/h1-2,5-6H,3-4H2,(H,12,15). The van der Waals surface area contributed by atoms with Crippen LogP contribution >= 0.6 is 0 Å². The van der Waals surface area contributed by atoms with Crippen LogP contribution in [0.2, 0.25) is 0 Å². The van der Waals surface area contributed by atoms with E-state index in [-0.39, 0.29) is 5.91 Å². The highest BCUT2D eigenvalue weighted by Gasteiger charge is 2.23. The van der Waals surface area contributed by atoms with Crippen LogP contribution in [0.25, 0.3) is 0 Å². The van der Waals surface area contributed by atoms with E-state index in [0.717, 1.165) is 16.8 Å². The SMILES string of the molecule is O=C1NCc2c1cnnc2Cc1ccoc1. The molecule has 0 spiro atoms. The third kappa shape index (κ3) is 1.37. The highest BCUT2D eigenvalue weighted by Crippen LogP contribution is 2.19. The lowest BCUT2D eigenvalue weighted by Gasteiger charge is -2.02. The number of amides is 1. The lowest BCUT2D eigenvalue weighted by Crippen LogP contribution is -2.12. The van der Waals surface area contributed by atoms with Gasteiger partial charge in [-0.05, 0) is 11.6 Å². The highest BCUT2D eigenvalue weighted by molar-refractivity contribution is 5.98. The van der Waals surface area contributed by atoms with Gasteiger partial charge in [-0.25, -0.2) is 0 Å². The number of fused-ring (bicyclic) bond motifs is 1. The van der Waals surface area contributed by atoms with Crippen LogP contribution in [0.4, 0.5) is 0 Å². The van der Waals surface area contributed by atoms with E-state index in [1.54, 1.807) is 12.5 Å². The fourth-order valence-corrected chi connectivity index (χ4v) is 1.84. The molecule has 1 aliphatic rings. The first-order valence-corrected chi connectivity index (χ1v) is 4.97. The number of hydrogen-bond donors (Lipinski definition) is 1. The molecule has 0 radical (unpaired) electrons. The molecule has 1 aliphatic heterocycles. The number of nitrogens with zero attached hydrogens (tertiary/aromatic N) is 2. The van der Waals surface area contributed by atoms with Crippen LogP contribution in [0.1, 0.15) is 27.2 Å². The van der Waals surface area contributed by atoms with Gasteiger partial charge in [0.25, 0.3) is 5.91 Å². The van der Waals surface area contributed by atoms with Crippen LogP contribution < -0.4 is 5.32 Å². The van der Waals surface area contributed by atoms with Gasteiger partial charge >= 0.3 is 0 Å². The molecule has 0 unspecified atom stereocenters. The minimum absolute atomic E-state index is 0.0710. The molecule has 0 atom stereocenters. The summed E-state index contributed by atoms with van der Waals surface area (Å²) >= 11 is 0. The average molecular weight is 215 g/mol. The largest absolute Gasteiger partial charge is 0.472 e. The summed E-state index contributed by atoms with van der Waals surface area (Å²) < 4.78 is 5.00. The first-order valence-electron chi connectivity index (χ1n) is 4.97. The van der Waals surface area contributed by atoms with E-state index in [4.69, 9.17) is 4.42 Å². The second-order valence-electron chi connectivity index (χ2n) is 3.67. The number of furan rings is 1. The molecule has 0 aliphatic carbocycles. The van der Waals surface area contributed by atoms with Gasteiger partial charge in [0.05, 0.1) is 30.0 Å². The zero-order valence-corrected chi connectivity index (χ0v) is 8.43. The quantitative estimate of drug-likeness (QED) is 0.808. The molecule has 5 heteroatoms. The Morgan fingerprint density at radius 3 is 3.25 bits per heavy atom. The molecule has 80 valence electrons. The van der Waals surface area contributed by atoms with Crippen molar-refractivity contribution in [2.45, 2.75) is 13.0 Å². The molecule has 16 heavy (non-hydrogen) atoms. The second-order valence-corrected chi connectivity index (χ2v) is 3.67. The van der Waals surface area contributed by atoms with Crippen LogP contribution in [0.3, 0.4) is 0 Å². The number of carbonyl (C=O) groups is 1. The molecule has 0 aromatic carbocycles. The highest BCUT2D eigenvalue weighted by atomic mass is 16.3.